The molecule has 2 N–H and O–H groups in total. The molecule has 1 aromatic heterocycles. The summed E-state index contributed by atoms with van der Waals surface area (Å²) in [6.07, 6.45) is 9.75. The molecular weight excluding hydrogens is 216 g/mol. The highest BCUT2D eigenvalue weighted by Gasteiger charge is 2.17. The van der Waals surface area contributed by atoms with Crippen LogP contribution in [0.15, 0.2) is 18.5 Å². The molecule has 0 bridgehead atoms. The van der Waals surface area contributed by atoms with Crippen molar-refractivity contribution in [3.8, 4) is 5.75 Å². The summed E-state index contributed by atoms with van der Waals surface area (Å²) < 4.78 is 0. The first-order chi connectivity index (χ1) is 8.27. The van der Waals surface area contributed by atoms with Gasteiger partial charge >= 0.3 is 0 Å². The van der Waals surface area contributed by atoms with Crippen LogP contribution in [0.2, 0.25) is 0 Å². The second-order valence-electron chi connectivity index (χ2n) is 4.55. The van der Waals surface area contributed by atoms with Crippen molar-refractivity contribution < 1.29 is 9.90 Å². The molecule has 0 unspecified atom stereocenters. The van der Waals surface area contributed by atoms with Gasteiger partial charge in [0.25, 0.3) is 5.91 Å². The van der Waals surface area contributed by atoms with Crippen molar-refractivity contribution in [3.05, 3.63) is 24.0 Å². The van der Waals surface area contributed by atoms with E-state index in [1.54, 1.807) is 6.07 Å². The van der Waals surface area contributed by atoms with Gasteiger partial charge in [0.2, 0.25) is 0 Å². The van der Waals surface area contributed by atoms with Crippen LogP contribution in [0.3, 0.4) is 0 Å². The van der Waals surface area contributed by atoms with Crippen LogP contribution in [0.1, 0.15) is 48.9 Å². The molecule has 0 atom stereocenters. The molecule has 1 aromatic rings. The van der Waals surface area contributed by atoms with E-state index in [2.05, 4.69) is 10.3 Å². The molecular formula is C13H18N2O2. The third kappa shape index (κ3) is 3.19. The van der Waals surface area contributed by atoms with Gasteiger partial charge in [-0.05, 0) is 18.9 Å². The van der Waals surface area contributed by atoms with Gasteiger partial charge in [-0.1, -0.05) is 25.7 Å². The van der Waals surface area contributed by atoms with E-state index in [9.17, 15) is 9.90 Å². The Hall–Kier alpha value is -1.58. The Balaban J connectivity index is 1.98. The average molecular weight is 234 g/mol. The molecule has 1 aliphatic carbocycles. The van der Waals surface area contributed by atoms with E-state index in [1.165, 1.54) is 38.1 Å². The molecule has 4 heteroatoms. The zero-order chi connectivity index (χ0) is 12.1. The van der Waals surface area contributed by atoms with Crippen LogP contribution in [0.5, 0.6) is 5.75 Å². The highest BCUT2D eigenvalue weighted by atomic mass is 16.3. The second-order valence-corrected chi connectivity index (χ2v) is 4.55. The molecule has 17 heavy (non-hydrogen) atoms. The zero-order valence-corrected chi connectivity index (χ0v) is 9.85. The lowest BCUT2D eigenvalue weighted by Gasteiger charge is -2.16. The van der Waals surface area contributed by atoms with Crippen molar-refractivity contribution in [2.24, 2.45) is 0 Å². The number of hydrogen-bond acceptors (Lipinski definition) is 3. The van der Waals surface area contributed by atoms with Gasteiger partial charge in [-0.3, -0.25) is 9.78 Å². The largest absolute Gasteiger partial charge is 0.505 e. The fourth-order valence-electron chi connectivity index (χ4n) is 2.26. The zero-order valence-electron chi connectivity index (χ0n) is 9.85. The summed E-state index contributed by atoms with van der Waals surface area (Å²) in [5, 5.41) is 12.5. The summed E-state index contributed by atoms with van der Waals surface area (Å²) in [6, 6.07) is 1.79. The Labute approximate surface area is 101 Å². The number of carbonyl (C=O) groups excluding carboxylic acids is 1. The maximum Gasteiger partial charge on any atom is 0.255 e. The van der Waals surface area contributed by atoms with Crippen molar-refractivity contribution in [3.63, 3.8) is 0 Å². The standard InChI is InChI=1S/C13H18N2O2/c16-12-9-14-8-7-11(12)13(17)15-10-5-3-1-2-4-6-10/h7-10,16H,1-6H2,(H,15,17). The third-order valence-electron chi connectivity index (χ3n) is 3.24. The van der Waals surface area contributed by atoms with Gasteiger partial charge < -0.3 is 10.4 Å². The summed E-state index contributed by atoms with van der Waals surface area (Å²) in [5.74, 6) is -0.254. The lowest BCUT2D eigenvalue weighted by molar-refractivity contribution is 0.0930. The van der Waals surface area contributed by atoms with E-state index < -0.39 is 0 Å². The van der Waals surface area contributed by atoms with Crippen LogP contribution in [0.25, 0.3) is 0 Å². The summed E-state index contributed by atoms with van der Waals surface area (Å²) in [4.78, 5) is 15.7. The molecule has 0 aromatic carbocycles. The molecule has 2 rings (SSSR count). The number of rotatable bonds is 2. The van der Waals surface area contributed by atoms with Crippen LogP contribution in [-0.2, 0) is 0 Å². The van der Waals surface area contributed by atoms with Gasteiger partial charge in [0.15, 0.2) is 0 Å². The molecule has 0 spiro atoms. The maximum absolute atomic E-state index is 11.9. The number of nitrogens with zero attached hydrogens (tertiary/aromatic N) is 1. The predicted octanol–water partition coefficient (Wildman–Crippen LogP) is 2.24. The number of pyridine rings is 1. The first-order valence-corrected chi connectivity index (χ1v) is 6.21. The predicted molar refractivity (Wildman–Crippen MR) is 64.9 cm³/mol. The van der Waals surface area contributed by atoms with Gasteiger partial charge in [-0.15, -0.1) is 0 Å². The van der Waals surface area contributed by atoms with E-state index in [1.807, 2.05) is 0 Å². The topological polar surface area (TPSA) is 62.2 Å². The number of aromatic hydroxyl groups is 1. The average Bonchev–Trinajstić information content (AvgIpc) is 2.58. The summed E-state index contributed by atoms with van der Waals surface area (Å²) >= 11 is 0. The first kappa shape index (κ1) is 11.9. The van der Waals surface area contributed by atoms with Gasteiger partial charge in [0.1, 0.15) is 5.75 Å². The highest BCUT2D eigenvalue weighted by Crippen LogP contribution is 2.19. The van der Waals surface area contributed by atoms with E-state index in [0.29, 0.717) is 5.56 Å². The van der Waals surface area contributed by atoms with Crippen molar-refractivity contribution in [2.75, 3.05) is 0 Å². The summed E-state index contributed by atoms with van der Waals surface area (Å²) in [5.41, 5.74) is 0.309. The first-order valence-electron chi connectivity index (χ1n) is 6.21. The third-order valence-corrected chi connectivity index (χ3v) is 3.24. The van der Waals surface area contributed by atoms with Crippen molar-refractivity contribution in [1.82, 2.24) is 10.3 Å². The number of nitrogens with one attached hydrogen (secondary N) is 1. The van der Waals surface area contributed by atoms with Crippen molar-refractivity contribution >= 4 is 5.91 Å². The Bertz CT molecular complexity index is 385. The summed E-state index contributed by atoms with van der Waals surface area (Å²) in [7, 11) is 0. The number of amides is 1. The number of hydrogen-bond donors (Lipinski definition) is 2. The monoisotopic (exact) mass is 234 g/mol. The number of aromatic nitrogens is 1. The van der Waals surface area contributed by atoms with Crippen LogP contribution < -0.4 is 5.32 Å². The minimum atomic E-state index is -0.197. The highest BCUT2D eigenvalue weighted by molar-refractivity contribution is 5.96. The second kappa shape index (κ2) is 5.66. The molecule has 1 fully saturated rings. The molecule has 0 radical (unpaired) electrons. The fraction of sp³-hybridized carbons (Fsp3) is 0.538. The molecule has 1 heterocycles. The Kier molecular flexibility index (Phi) is 3.96. The van der Waals surface area contributed by atoms with Crippen LogP contribution in [0.4, 0.5) is 0 Å². The fourth-order valence-corrected chi connectivity index (χ4v) is 2.26. The van der Waals surface area contributed by atoms with Crippen molar-refractivity contribution in [1.29, 1.82) is 0 Å². The SMILES string of the molecule is O=C(NC1CCCCCC1)c1ccncc1O. The molecule has 1 aliphatic rings. The normalized spacial score (nSPS) is 17.4. The smallest absolute Gasteiger partial charge is 0.255 e. The van der Waals surface area contributed by atoms with Crippen LogP contribution in [0, 0.1) is 0 Å². The lowest BCUT2D eigenvalue weighted by atomic mass is 10.1. The van der Waals surface area contributed by atoms with E-state index in [0.717, 1.165) is 12.8 Å². The minimum Gasteiger partial charge on any atom is -0.505 e. The van der Waals surface area contributed by atoms with E-state index in [4.69, 9.17) is 0 Å². The number of carbonyl (C=O) groups is 1. The van der Waals surface area contributed by atoms with Crippen LogP contribution in [-0.4, -0.2) is 22.0 Å². The molecule has 92 valence electrons. The quantitative estimate of drug-likeness (QED) is 0.771. The van der Waals surface area contributed by atoms with E-state index >= 15 is 0 Å². The van der Waals surface area contributed by atoms with Gasteiger partial charge in [0, 0.05) is 12.2 Å². The van der Waals surface area contributed by atoms with E-state index in [-0.39, 0.29) is 17.7 Å². The molecule has 4 nitrogen and oxygen atoms in total. The van der Waals surface area contributed by atoms with Gasteiger partial charge in [0.05, 0.1) is 11.8 Å². The molecule has 0 aliphatic heterocycles. The lowest BCUT2D eigenvalue weighted by Crippen LogP contribution is -2.34. The molecule has 0 saturated heterocycles. The Morgan fingerprint density at radius 2 is 2.00 bits per heavy atom. The molecule has 1 saturated carbocycles. The molecule has 1 amide bonds. The van der Waals surface area contributed by atoms with Crippen molar-refractivity contribution in [2.45, 2.75) is 44.6 Å². The summed E-state index contributed by atoms with van der Waals surface area (Å²) in [6.45, 7) is 0. The minimum absolute atomic E-state index is 0.0568. The van der Waals surface area contributed by atoms with Gasteiger partial charge in [-0.2, -0.15) is 0 Å². The van der Waals surface area contributed by atoms with Crippen LogP contribution >= 0.6 is 0 Å². The Morgan fingerprint density at radius 1 is 1.29 bits per heavy atom. The maximum atomic E-state index is 11.9. The Morgan fingerprint density at radius 3 is 2.65 bits per heavy atom. The van der Waals surface area contributed by atoms with Gasteiger partial charge in [-0.25, -0.2) is 0 Å².